The van der Waals surface area contributed by atoms with E-state index < -0.39 is 34.5 Å². The lowest BCUT2D eigenvalue weighted by Gasteiger charge is -2.26. The molecule has 106 valence electrons. The summed E-state index contributed by atoms with van der Waals surface area (Å²) in [6.07, 6.45) is 0.875. The minimum atomic E-state index is -1.40. The number of aromatic carboxylic acids is 1. The van der Waals surface area contributed by atoms with Gasteiger partial charge >= 0.3 is 5.97 Å². The molecule has 0 bridgehead atoms. The van der Waals surface area contributed by atoms with Crippen LogP contribution in [0.15, 0.2) is 12.1 Å². The van der Waals surface area contributed by atoms with Crippen molar-refractivity contribution in [2.75, 3.05) is 11.9 Å². The summed E-state index contributed by atoms with van der Waals surface area (Å²) >= 11 is 0. The molecule has 0 saturated heterocycles. The summed E-state index contributed by atoms with van der Waals surface area (Å²) in [6.45, 7) is 3.52. The minimum absolute atomic E-state index is 0.0136. The fourth-order valence-electron chi connectivity index (χ4n) is 1.62. The first-order chi connectivity index (χ1) is 8.83. The lowest BCUT2D eigenvalue weighted by molar-refractivity contribution is 0.0455. The highest BCUT2D eigenvalue weighted by Gasteiger charge is 2.23. The number of halogens is 2. The van der Waals surface area contributed by atoms with E-state index in [1.165, 1.54) is 0 Å². The number of carbonyl (C=O) groups is 1. The molecule has 1 rings (SSSR count). The summed E-state index contributed by atoms with van der Waals surface area (Å²) in [5, 5.41) is 21.2. The van der Waals surface area contributed by atoms with Crippen molar-refractivity contribution in [1.82, 2.24) is 0 Å². The maximum absolute atomic E-state index is 13.6. The molecular formula is C13H17F2NO3. The van der Waals surface area contributed by atoms with Crippen LogP contribution in [0.2, 0.25) is 0 Å². The number of rotatable bonds is 6. The fraction of sp³-hybridized carbons (Fsp3) is 0.462. The van der Waals surface area contributed by atoms with Crippen molar-refractivity contribution in [3.63, 3.8) is 0 Å². The molecule has 3 N–H and O–H groups in total. The van der Waals surface area contributed by atoms with E-state index in [9.17, 15) is 18.7 Å². The number of carboxylic acids is 1. The van der Waals surface area contributed by atoms with Crippen LogP contribution < -0.4 is 5.32 Å². The quantitative estimate of drug-likeness (QED) is 0.745. The van der Waals surface area contributed by atoms with E-state index >= 15 is 0 Å². The molecule has 0 aliphatic carbocycles. The van der Waals surface area contributed by atoms with Crippen molar-refractivity contribution < 1.29 is 23.8 Å². The largest absolute Gasteiger partial charge is 0.478 e. The van der Waals surface area contributed by atoms with Gasteiger partial charge in [-0.1, -0.05) is 13.8 Å². The average Bonchev–Trinajstić information content (AvgIpc) is 2.37. The Labute approximate surface area is 110 Å². The van der Waals surface area contributed by atoms with Crippen LogP contribution in [0.3, 0.4) is 0 Å². The van der Waals surface area contributed by atoms with E-state index in [4.69, 9.17) is 5.11 Å². The molecule has 0 saturated carbocycles. The molecule has 0 unspecified atom stereocenters. The normalized spacial score (nSPS) is 11.4. The van der Waals surface area contributed by atoms with Gasteiger partial charge in [0.1, 0.15) is 17.3 Å². The summed E-state index contributed by atoms with van der Waals surface area (Å²) in [6, 6.07) is 1.48. The van der Waals surface area contributed by atoms with Crippen molar-refractivity contribution >= 4 is 11.7 Å². The summed E-state index contributed by atoms with van der Waals surface area (Å²) in [5.74, 6) is -3.39. The Hall–Kier alpha value is -1.69. The second kappa shape index (κ2) is 5.97. The van der Waals surface area contributed by atoms with Crippen LogP contribution in [0.1, 0.15) is 37.0 Å². The Morgan fingerprint density at radius 3 is 2.11 bits per heavy atom. The Balaban J connectivity index is 2.94. The zero-order valence-corrected chi connectivity index (χ0v) is 10.8. The third-order valence-electron chi connectivity index (χ3n) is 3.20. The number of hydrogen-bond donors (Lipinski definition) is 3. The molecule has 0 aromatic heterocycles. The first kappa shape index (κ1) is 15.4. The second-order valence-corrected chi connectivity index (χ2v) is 4.41. The molecule has 0 spiro atoms. The summed E-state index contributed by atoms with van der Waals surface area (Å²) in [4.78, 5) is 10.6. The van der Waals surface area contributed by atoms with Crippen molar-refractivity contribution in [2.24, 2.45) is 0 Å². The Morgan fingerprint density at radius 2 is 1.74 bits per heavy atom. The molecule has 6 heteroatoms. The van der Waals surface area contributed by atoms with Crippen molar-refractivity contribution in [3.8, 4) is 0 Å². The first-order valence-corrected chi connectivity index (χ1v) is 6.01. The van der Waals surface area contributed by atoms with Gasteiger partial charge in [0.05, 0.1) is 11.2 Å². The Bertz CT molecular complexity index is 450. The van der Waals surface area contributed by atoms with Crippen LogP contribution >= 0.6 is 0 Å². The third kappa shape index (κ3) is 3.64. The maximum Gasteiger partial charge on any atom is 0.335 e. The van der Waals surface area contributed by atoms with Crippen LogP contribution in [0.25, 0.3) is 0 Å². The van der Waals surface area contributed by atoms with Crippen molar-refractivity contribution in [2.45, 2.75) is 32.3 Å². The molecule has 0 atom stereocenters. The van der Waals surface area contributed by atoms with E-state index in [0.29, 0.717) is 12.8 Å². The van der Waals surface area contributed by atoms with E-state index in [1.807, 2.05) is 0 Å². The fourth-order valence-corrected chi connectivity index (χ4v) is 1.62. The van der Waals surface area contributed by atoms with Gasteiger partial charge in [-0.15, -0.1) is 0 Å². The highest BCUT2D eigenvalue weighted by atomic mass is 19.1. The second-order valence-electron chi connectivity index (χ2n) is 4.41. The van der Waals surface area contributed by atoms with E-state index in [2.05, 4.69) is 5.32 Å². The van der Waals surface area contributed by atoms with Gasteiger partial charge in [-0.05, 0) is 25.0 Å². The molecule has 4 nitrogen and oxygen atoms in total. The van der Waals surface area contributed by atoms with E-state index in [-0.39, 0.29) is 6.54 Å². The van der Waals surface area contributed by atoms with Gasteiger partial charge in [-0.25, -0.2) is 13.6 Å². The number of carboxylic acid groups (broad SMARTS) is 1. The van der Waals surface area contributed by atoms with Crippen LogP contribution in [-0.4, -0.2) is 28.3 Å². The zero-order valence-electron chi connectivity index (χ0n) is 10.8. The molecule has 0 aliphatic rings. The van der Waals surface area contributed by atoms with Gasteiger partial charge in [0.25, 0.3) is 0 Å². The Kier molecular flexibility index (Phi) is 4.83. The summed E-state index contributed by atoms with van der Waals surface area (Å²) in [5.41, 5.74) is -1.93. The highest BCUT2D eigenvalue weighted by Crippen LogP contribution is 2.23. The van der Waals surface area contributed by atoms with Gasteiger partial charge in [-0.2, -0.15) is 0 Å². The number of anilines is 1. The maximum atomic E-state index is 13.6. The lowest BCUT2D eigenvalue weighted by atomic mass is 9.97. The number of benzene rings is 1. The molecular weight excluding hydrogens is 256 g/mol. The number of aliphatic hydroxyl groups is 1. The molecule has 0 aliphatic heterocycles. The zero-order chi connectivity index (χ0) is 14.6. The third-order valence-corrected chi connectivity index (χ3v) is 3.20. The molecule has 19 heavy (non-hydrogen) atoms. The smallest absolute Gasteiger partial charge is 0.335 e. The van der Waals surface area contributed by atoms with Crippen LogP contribution in [0.5, 0.6) is 0 Å². The first-order valence-electron chi connectivity index (χ1n) is 6.01. The highest BCUT2D eigenvalue weighted by molar-refractivity contribution is 5.88. The van der Waals surface area contributed by atoms with Gasteiger partial charge in [-0.3, -0.25) is 0 Å². The van der Waals surface area contributed by atoms with Crippen LogP contribution in [-0.2, 0) is 0 Å². The molecule has 1 aromatic rings. The molecule has 1 aromatic carbocycles. The SMILES string of the molecule is CCC(O)(CC)CNc1c(F)cc(C(=O)O)cc1F. The van der Waals surface area contributed by atoms with Crippen molar-refractivity contribution in [1.29, 1.82) is 0 Å². The minimum Gasteiger partial charge on any atom is -0.478 e. The molecule has 0 amide bonds. The van der Waals surface area contributed by atoms with Gasteiger partial charge < -0.3 is 15.5 Å². The topological polar surface area (TPSA) is 69.6 Å². The predicted octanol–water partition coefficient (Wildman–Crippen LogP) is 2.63. The van der Waals surface area contributed by atoms with Crippen LogP contribution in [0.4, 0.5) is 14.5 Å². The molecule has 0 heterocycles. The van der Waals surface area contributed by atoms with Gasteiger partial charge in [0.2, 0.25) is 0 Å². The summed E-state index contributed by atoms with van der Waals surface area (Å²) < 4.78 is 27.2. The van der Waals surface area contributed by atoms with Gasteiger partial charge in [0, 0.05) is 6.54 Å². The van der Waals surface area contributed by atoms with E-state index in [1.54, 1.807) is 13.8 Å². The molecule has 0 radical (unpaired) electrons. The monoisotopic (exact) mass is 273 g/mol. The van der Waals surface area contributed by atoms with Crippen LogP contribution in [0, 0.1) is 11.6 Å². The Morgan fingerprint density at radius 1 is 1.26 bits per heavy atom. The van der Waals surface area contributed by atoms with E-state index in [0.717, 1.165) is 12.1 Å². The number of nitrogens with one attached hydrogen (secondary N) is 1. The van der Waals surface area contributed by atoms with Crippen molar-refractivity contribution in [3.05, 3.63) is 29.3 Å². The van der Waals surface area contributed by atoms with Gasteiger partial charge in [0.15, 0.2) is 0 Å². The average molecular weight is 273 g/mol. The summed E-state index contributed by atoms with van der Waals surface area (Å²) in [7, 11) is 0. The standard InChI is InChI=1S/C13H17F2NO3/c1-3-13(19,4-2)7-16-11-9(14)5-8(12(17)18)6-10(11)15/h5-6,16,19H,3-4,7H2,1-2H3,(H,17,18). The lowest BCUT2D eigenvalue weighted by Crippen LogP contribution is -2.35. The number of hydrogen-bond acceptors (Lipinski definition) is 3. The predicted molar refractivity (Wildman–Crippen MR) is 67.3 cm³/mol. The molecule has 0 fully saturated rings.